The average Bonchev–Trinajstić information content (AvgIpc) is 3.41. The van der Waals surface area contributed by atoms with E-state index in [2.05, 4.69) is 15.5 Å². The predicted octanol–water partition coefficient (Wildman–Crippen LogP) is 3.05. The molecule has 170 valence electrons. The van der Waals surface area contributed by atoms with Crippen molar-refractivity contribution in [2.24, 2.45) is 0 Å². The standard InChI is InChI=1S/C19H15N5O7S2/c1-3-30-12-4-6-14(15(9-12)24(26)27)16-7-5-13(31-16)8-11(10-20)17(25)21-18-22-23-19(32-18)33(2,28)29/h4-9H,3H2,1-2H3,(H,21,22,25)/b11-8-. The van der Waals surface area contributed by atoms with E-state index in [9.17, 15) is 28.6 Å². The molecular formula is C19H15N5O7S2. The van der Waals surface area contributed by atoms with Gasteiger partial charge in [-0.05, 0) is 31.2 Å². The zero-order chi connectivity index (χ0) is 24.2. The first-order chi connectivity index (χ1) is 15.6. The third kappa shape index (κ3) is 5.59. The lowest BCUT2D eigenvalue weighted by atomic mass is 10.1. The van der Waals surface area contributed by atoms with Crippen LogP contribution in [0.2, 0.25) is 0 Å². The highest BCUT2D eigenvalue weighted by atomic mass is 32.2. The van der Waals surface area contributed by atoms with E-state index in [1.165, 1.54) is 24.3 Å². The Morgan fingerprint density at radius 1 is 1.36 bits per heavy atom. The molecule has 3 aromatic rings. The number of aromatic nitrogens is 2. The maximum absolute atomic E-state index is 12.4. The van der Waals surface area contributed by atoms with Crippen LogP contribution in [0.15, 0.2) is 44.7 Å². The Balaban J connectivity index is 1.85. The van der Waals surface area contributed by atoms with Gasteiger partial charge in [0.1, 0.15) is 28.9 Å². The lowest BCUT2D eigenvalue weighted by molar-refractivity contribution is -0.384. The largest absolute Gasteiger partial charge is 0.494 e. The number of hydrogen-bond acceptors (Lipinski definition) is 11. The molecule has 0 fully saturated rings. The van der Waals surface area contributed by atoms with Crippen LogP contribution in [-0.2, 0) is 14.6 Å². The highest BCUT2D eigenvalue weighted by Crippen LogP contribution is 2.34. The van der Waals surface area contributed by atoms with E-state index >= 15 is 0 Å². The van der Waals surface area contributed by atoms with Gasteiger partial charge in [-0.15, -0.1) is 10.2 Å². The second-order valence-corrected chi connectivity index (χ2v) is 9.51. The van der Waals surface area contributed by atoms with Gasteiger partial charge in [0.25, 0.3) is 11.6 Å². The number of amides is 1. The van der Waals surface area contributed by atoms with Gasteiger partial charge in [0.15, 0.2) is 0 Å². The first kappa shape index (κ1) is 23.6. The Hall–Kier alpha value is -4.09. The summed E-state index contributed by atoms with van der Waals surface area (Å²) in [6, 6.07) is 8.92. The van der Waals surface area contributed by atoms with Gasteiger partial charge in [0.2, 0.25) is 19.3 Å². The molecule has 0 unspecified atom stereocenters. The van der Waals surface area contributed by atoms with Gasteiger partial charge < -0.3 is 9.15 Å². The van der Waals surface area contributed by atoms with Crippen LogP contribution in [0.25, 0.3) is 17.4 Å². The Morgan fingerprint density at radius 2 is 2.12 bits per heavy atom. The average molecular weight is 489 g/mol. The molecule has 3 rings (SSSR count). The molecule has 0 radical (unpaired) electrons. The number of anilines is 1. The molecule has 0 bridgehead atoms. The molecule has 0 saturated heterocycles. The maximum atomic E-state index is 12.4. The Kier molecular flexibility index (Phi) is 6.85. The smallest absolute Gasteiger partial charge is 0.284 e. The number of carbonyl (C=O) groups is 1. The molecule has 0 aliphatic carbocycles. The molecule has 2 aromatic heterocycles. The van der Waals surface area contributed by atoms with Crippen molar-refractivity contribution in [3.05, 3.63) is 51.8 Å². The van der Waals surface area contributed by atoms with Gasteiger partial charge in [-0.2, -0.15) is 5.26 Å². The molecule has 2 heterocycles. The summed E-state index contributed by atoms with van der Waals surface area (Å²) in [5.41, 5.74) is -0.413. The van der Waals surface area contributed by atoms with Crippen LogP contribution in [-0.4, -0.2) is 42.3 Å². The number of sulfone groups is 1. The van der Waals surface area contributed by atoms with Gasteiger partial charge in [-0.25, -0.2) is 8.42 Å². The van der Waals surface area contributed by atoms with Crippen molar-refractivity contribution in [2.45, 2.75) is 11.3 Å². The molecule has 0 spiro atoms. The number of nitro groups is 1. The summed E-state index contributed by atoms with van der Waals surface area (Å²) >= 11 is 0.636. The summed E-state index contributed by atoms with van der Waals surface area (Å²) in [5, 5.41) is 30.0. The second-order valence-electron chi connectivity index (χ2n) is 6.34. The number of carbonyl (C=O) groups excluding carboxylic acids is 1. The van der Waals surface area contributed by atoms with Crippen molar-refractivity contribution >= 4 is 44.0 Å². The topological polar surface area (TPSA) is 178 Å². The number of nitriles is 1. The van der Waals surface area contributed by atoms with Gasteiger partial charge in [-0.1, -0.05) is 11.3 Å². The number of ether oxygens (including phenoxy) is 1. The molecule has 1 amide bonds. The third-order valence-electron chi connectivity index (χ3n) is 3.96. The summed E-state index contributed by atoms with van der Waals surface area (Å²) in [5.74, 6) is -0.290. The van der Waals surface area contributed by atoms with Crippen molar-refractivity contribution < 1.29 is 27.3 Å². The minimum absolute atomic E-state index is 0.0916. The zero-order valence-electron chi connectivity index (χ0n) is 17.1. The van der Waals surface area contributed by atoms with Gasteiger partial charge >= 0.3 is 0 Å². The van der Waals surface area contributed by atoms with Crippen LogP contribution in [0.1, 0.15) is 12.7 Å². The van der Waals surface area contributed by atoms with Crippen molar-refractivity contribution in [3.63, 3.8) is 0 Å². The number of nitrogens with zero attached hydrogens (tertiary/aromatic N) is 4. The summed E-state index contributed by atoms with van der Waals surface area (Å²) in [7, 11) is -3.59. The van der Waals surface area contributed by atoms with Crippen LogP contribution in [0, 0.1) is 21.4 Å². The van der Waals surface area contributed by atoms with E-state index in [0.29, 0.717) is 23.7 Å². The SMILES string of the molecule is CCOc1ccc(-c2ccc(/C=C(/C#N)C(=O)Nc3nnc(S(C)(=O)=O)s3)o2)c([N+](=O)[O-])c1. The number of benzene rings is 1. The minimum Gasteiger partial charge on any atom is -0.494 e. The van der Waals surface area contributed by atoms with Crippen LogP contribution >= 0.6 is 11.3 Å². The Labute approximate surface area is 191 Å². The molecule has 0 atom stereocenters. The van der Waals surface area contributed by atoms with Crippen molar-refractivity contribution in [1.82, 2.24) is 10.2 Å². The molecule has 0 aliphatic rings. The van der Waals surface area contributed by atoms with Crippen LogP contribution in [0.5, 0.6) is 5.75 Å². The third-order valence-corrected chi connectivity index (χ3v) is 6.47. The van der Waals surface area contributed by atoms with E-state index < -0.39 is 20.7 Å². The van der Waals surface area contributed by atoms with E-state index in [4.69, 9.17) is 9.15 Å². The van der Waals surface area contributed by atoms with Gasteiger partial charge in [0, 0.05) is 12.3 Å². The maximum Gasteiger partial charge on any atom is 0.284 e. The fourth-order valence-electron chi connectivity index (χ4n) is 2.57. The number of furan rings is 1. The van der Waals surface area contributed by atoms with E-state index in [0.717, 1.165) is 12.3 Å². The van der Waals surface area contributed by atoms with Gasteiger partial charge in [-0.3, -0.25) is 20.2 Å². The number of nitro benzene ring substituents is 1. The summed E-state index contributed by atoms with van der Waals surface area (Å²) in [6.45, 7) is 2.10. The van der Waals surface area contributed by atoms with Crippen LogP contribution in [0.3, 0.4) is 0 Å². The van der Waals surface area contributed by atoms with E-state index in [1.807, 2.05) is 0 Å². The van der Waals surface area contributed by atoms with E-state index in [1.54, 1.807) is 19.1 Å². The summed E-state index contributed by atoms with van der Waals surface area (Å²) in [6.07, 6.45) is 2.08. The number of rotatable bonds is 8. The molecule has 0 saturated carbocycles. The predicted molar refractivity (Wildman–Crippen MR) is 117 cm³/mol. The highest BCUT2D eigenvalue weighted by molar-refractivity contribution is 7.92. The molecule has 14 heteroatoms. The minimum atomic E-state index is -3.59. The monoisotopic (exact) mass is 489 g/mol. The Morgan fingerprint density at radius 3 is 2.73 bits per heavy atom. The van der Waals surface area contributed by atoms with Gasteiger partial charge in [0.05, 0.1) is 23.2 Å². The van der Waals surface area contributed by atoms with Crippen molar-refractivity contribution in [1.29, 1.82) is 5.26 Å². The lowest BCUT2D eigenvalue weighted by Crippen LogP contribution is -2.13. The fourth-order valence-corrected chi connectivity index (χ4v) is 4.07. The first-order valence-electron chi connectivity index (χ1n) is 9.10. The van der Waals surface area contributed by atoms with Crippen LogP contribution < -0.4 is 10.1 Å². The quantitative estimate of drug-likeness (QED) is 0.162. The summed E-state index contributed by atoms with van der Waals surface area (Å²) in [4.78, 5) is 23.3. The molecular weight excluding hydrogens is 474 g/mol. The molecule has 1 aromatic carbocycles. The normalized spacial score (nSPS) is 11.6. The van der Waals surface area contributed by atoms with Crippen molar-refractivity contribution in [3.8, 4) is 23.1 Å². The lowest BCUT2D eigenvalue weighted by Gasteiger charge is -2.05. The first-order valence-corrected chi connectivity index (χ1v) is 11.8. The number of nitrogens with one attached hydrogen (secondary N) is 1. The molecule has 33 heavy (non-hydrogen) atoms. The Bertz CT molecular complexity index is 1400. The van der Waals surface area contributed by atoms with E-state index in [-0.39, 0.29) is 37.8 Å². The molecule has 1 N–H and O–H groups in total. The number of hydrogen-bond donors (Lipinski definition) is 1. The van der Waals surface area contributed by atoms with Crippen molar-refractivity contribution in [2.75, 3.05) is 18.2 Å². The second kappa shape index (κ2) is 9.59. The zero-order valence-corrected chi connectivity index (χ0v) is 18.8. The molecule has 0 aliphatic heterocycles. The highest BCUT2D eigenvalue weighted by Gasteiger charge is 2.21. The summed E-state index contributed by atoms with van der Waals surface area (Å²) < 4.78 is 33.5. The molecule has 12 nitrogen and oxygen atoms in total. The van der Waals surface area contributed by atoms with Crippen LogP contribution in [0.4, 0.5) is 10.8 Å². The fraction of sp³-hybridized carbons (Fsp3) is 0.158.